The van der Waals surface area contributed by atoms with Crippen molar-refractivity contribution in [3.8, 4) is 5.82 Å². The molecule has 1 N–H and O–H groups in total. The lowest BCUT2D eigenvalue weighted by molar-refractivity contribution is 0.992. The van der Waals surface area contributed by atoms with Crippen LogP contribution in [0.4, 0.5) is 5.69 Å². The molecule has 26 heavy (non-hydrogen) atoms. The van der Waals surface area contributed by atoms with Crippen LogP contribution < -0.4 is 5.43 Å². The number of pyridine rings is 2. The molecule has 3 aromatic heterocycles. The number of imidazole rings is 1. The molecule has 0 aliphatic heterocycles. The van der Waals surface area contributed by atoms with Gasteiger partial charge >= 0.3 is 0 Å². The SMILES string of the molecule is Cl.Clc1ccc2c(N/N=C/c3ccc(-n4ccnc4)nc3)ccnc2c1. The number of rotatable bonds is 4. The largest absolute Gasteiger partial charge is 0.291 e. The van der Waals surface area contributed by atoms with Crippen LogP contribution in [0.1, 0.15) is 5.56 Å². The van der Waals surface area contributed by atoms with Gasteiger partial charge in [-0.15, -0.1) is 12.4 Å². The van der Waals surface area contributed by atoms with E-state index in [1.54, 1.807) is 31.1 Å². The number of hydrazone groups is 1. The third-order valence-corrected chi connectivity index (χ3v) is 3.88. The fourth-order valence-electron chi connectivity index (χ4n) is 2.42. The molecule has 1 aromatic carbocycles. The highest BCUT2D eigenvalue weighted by Gasteiger charge is 2.01. The van der Waals surface area contributed by atoms with E-state index >= 15 is 0 Å². The molecule has 0 bridgehead atoms. The molecule has 0 saturated carbocycles. The quantitative estimate of drug-likeness (QED) is 0.419. The average molecular weight is 385 g/mol. The van der Waals surface area contributed by atoms with Crippen molar-refractivity contribution in [3.63, 3.8) is 0 Å². The number of aromatic nitrogens is 4. The predicted octanol–water partition coefficient (Wildman–Crippen LogP) is 4.34. The summed E-state index contributed by atoms with van der Waals surface area (Å²) in [5.41, 5.74) is 5.61. The summed E-state index contributed by atoms with van der Waals surface area (Å²) >= 11 is 6.00. The minimum atomic E-state index is 0. The van der Waals surface area contributed by atoms with Crippen molar-refractivity contribution in [1.82, 2.24) is 19.5 Å². The van der Waals surface area contributed by atoms with Crippen LogP contribution in [0.15, 0.2) is 72.6 Å². The van der Waals surface area contributed by atoms with E-state index in [9.17, 15) is 0 Å². The number of nitrogens with zero attached hydrogens (tertiary/aromatic N) is 5. The van der Waals surface area contributed by atoms with Crippen molar-refractivity contribution in [1.29, 1.82) is 0 Å². The van der Waals surface area contributed by atoms with Crippen molar-refractivity contribution >= 4 is 46.8 Å². The van der Waals surface area contributed by atoms with E-state index in [1.165, 1.54) is 0 Å². The molecule has 4 aromatic rings. The number of nitrogens with one attached hydrogen (secondary N) is 1. The monoisotopic (exact) mass is 384 g/mol. The maximum atomic E-state index is 6.00. The summed E-state index contributed by atoms with van der Waals surface area (Å²) in [6.45, 7) is 0. The molecule has 3 heterocycles. The third kappa shape index (κ3) is 3.82. The van der Waals surface area contributed by atoms with Crippen LogP contribution >= 0.6 is 24.0 Å². The van der Waals surface area contributed by atoms with Gasteiger partial charge in [0, 0.05) is 40.8 Å². The number of hydrogen-bond acceptors (Lipinski definition) is 5. The van der Waals surface area contributed by atoms with E-state index in [0.717, 1.165) is 28.0 Å². The predicted molar refractivity (Wildman–Crippen MR) is 107 cm³/mol. The average Bonchev–Trinajstić information content (AvgIpc) is 3.17. The number of halogens is 2. The van der Waals surface area contributed by atoms with Crippen LogP contribution in [-0.4, -0.2) is 25.7 Å². The smallest absolute Gasteiger partial charge is 0.137 e. The van der Waals surface area contributed by atoms with Crippen molar-refractivity contribution in [3.05, 3.63) is 78.1 Å². The highest BCUT2D eigenvalue weighted by Crippen LogP contribution is 2.24. The van der Waals surface area contributed by atoms with Gasteiger partial charge in [-0.05, 0) is 36.4 Å². The number of anilines is 1. The number of benzene rings is 1. The summed E-state index contributed by atoms with van der Waals surface area (Å²) in [4.78, 5) is 12.7. The van der Waals surface area contributed by atoms with Gasteiger partial charge in [0.2, 0.25) is 0 Å². The van der Waals surface area contributed by atoms with Crippen LogP contribution in [0.2, 0.25) is 5.02 Å². The Morgan fingerprint density at radius 2 is 2.00 bits per heavy atom. The molecule has 0 aliphatic carbocycles. The fourth-order valence-corrected chi connectivity index (χ4v) is 2.58. The highest BCUT2D eigenvalue weighted by molar-refractivity contribution is 6.31. The standard InChI is InChI=1S/C18H13ClN6.ClH/c19-14-2-3-15-16(5-6-21-17(15)9-14)24-23-11-13-1-4-18(22-10-13)25-8-7-20-12-25;/h1-12H,(H,21,24);1H/b23-11+;. The minimum absolute atomic E-state index is 0. The van der Waals surface area contributed by atoms with Gasteiger partial charge in [0.15, 0.2) is 0 Å². The number of fused-ring (bicyclic) bond motifs is 1. The zero-order valence-corrected chi connectivity index (χ0v) is 15.0. The molecule has 4 rings (SSSR count). The molecule has 0 radical (unpaired) electrons. The highest BCUT2D eigenvalue weighted by atomic mass is 35.5. The minimum Gasteiger partial charge on any atom is -0.291 e. The van der Waals surface area contributed by atoms with Gasteiger partial charge in [-0.3, -0.25) is 15.0 Å². The lowest BCUT2D eigenvalue weighted by Crippen LogP contribution is -1.96. The Morgan fingerprint density at radius 1 is 1.08 bits per heavy atom. The zero-order chi connectivity index (χ0) is 17.1. The van der Waals surface area contributed by atoms with E-state index in [-0.39, 0.29) is 12.4 Å². The Balaban J connectivity index is 0.00000196. The summed E-state index contributed by atoms with van der Waals surface area (Å²) in [6, 6.07) is 11.3. The molecule has 130 valence electrons. The van der Waals surface area contributed by atoms with Crippen molar-refractivity contribution in [2.45, 2.75) is 0 Å². The van der Waals surface area contributed by atoms with Crippen LogP contribution in [0.25, 0.3) is 16.7 Å². The molecular formula is C18H14Cl2N6. The normalized spacial score (nSPS) is 10.8. The summed E-state index contributed by atoms with van der Waals surface area (Å²) in [5, 5.41) is 5.90. The first-order valence-electron chi connectivity index (χ1n) is 7.57. The summed E-state index contributed by atoms with van der Waals surface area (Å²) < 4.78 is 1.84. The van der Waals surface area contributed by atoms with Crippen LogP contribution in [0, 0.1) is 0 Å². The van der Waals surface area contributed by atoms with E-state index in [0.29, 0.717) is 5.02 Å². The van der Waals surface area contributed by atoms with Gasteiger partial charge < -0.3 is 0 Å². The molecule has 6 nitrogen and oxygen atoms in total. The molecule has 0 aliphatic rings. The van der Waals surface area contributed by atoms with Gasteiger partial charge in [0.1, 0.15) is 12.1 Å². The van der Waals surface area contributed by atoms with E-state index < -0.39 is 0 Å². The summed E-state index contributed by atoms with van der Waals surface area (Å²) in [6.07, 6.45) is 10.5. The van der Waals surface area contributed by atoms with Crippen LogP contribution in [0.3, 0.4) is 0 Å². The van der Waals surface area contributed by atoms with E-state index in [4.69, 9.17) is 11.6 Å². The first kappa shape index (κ1) is 17.8. The van der Waals surface area contributed by atoms with Crippen molar-refractivity contribution in [2.75, 3.05) is 5.43 Å². The summed E-state index contributed by atoms with van der Waals surface area (Å²) in [7, 11) is 0. The first-order valence-corrected chi connectivity index (χ1v) is 7.95. The molecule has 8 heteroatoms. The van der Waals surface area contributed by atoms with Crippen LogP contribution in [-0.2, 0) is 0 Å². The van der Waals surface area contributed by atoms with Crippen molar-refractivity contribution < 1.29 is 0 Å². The second-order valence-electron chi connectivity index (χ2n) is 5.31. The first-order chi connectivity index (χ1) is 12.3. The van der Waals surface area contributed by atoms with Gasteiger partial charge in [0.25, 0.3) is 0 Å². The maximum Gasteiger partial charge on any atom is 0.137 e. The third-order valence-electron chi connectivity index (χ3n) is 3.64. The second kappa shape index (κ2) is 7.95. The molecule has 0 spiro atoms. The Hall–Kier alpha value is -2.96. The Kier molecular flexibility index (Phi) is 5.46. The fraction of sp³-hybridized carbons (Fsp3) is 0. The Bertz CT molecular complexity index is 1030. The van der Waals surface area contributed by atoms with Crippen molar-refractivity contribution in [2.24, 2.45) is 5.10 Å². The second-order valence-corrected chi connectivity index (χ2v) is 5.75. The Morgan fingerprint density at radius 3 is 2.77 bits per heavy atom. The van der Waals surface area contributed by atoms with Gasteiger partial charge in [-0.25, -0.2) is 9.97 Å². The lowest BCUT2D eigenvalue weighted by Gasteiger charge is -2.05. The molecule has 0 atom stereocenters. The zero-order valence-electron chi connectivity index (χ0n) is 13.5. The number of hydrogen-bond donors (Lipinski definition) is 1. The van der Waals surface area contributed by atoms with Gasteiger partial charge in [0.05, 0.1) is 17.4 Å². The van der Waals surface area contributed by atoms with Gasteiger partial charge in [-0.2, -0.15) is 5.10 Å². The molecular weight excluding hydrogens is 371 g/mol. The maximum absolute atomic E-state index is 6.00. The summed E-state index contributed by atoms with van der Waals surface area (Å²) in [5.74, 6) is 0.805. The molecule has 0 amide bonds. The molecule has 0 unspecified atom stereocenters. The van der Waals surface area contributed by atoms with E-state index in [1.807, 2.05) is 47.2 Å². The van der Waals surface area contributed by atoms with E-state index in [2.05, 4.69) is 25.5 Å². The Labute approximate surface area is 161 Å². The molecule has 0 fully saturated rings. The topological polar surface area (TPSA) is 68.0 Å². The van der Waals surface area contributed by atoms with Crippen LogP contribution in [0.5, 0.6) is 0 Å². The lowest BCUT2D eigenvalue weighted by atomic mass is 10.2. The molecule has 0 saturated heterocycles. The van der Waals surface area contributed by atoms with Gasteiger partial charge in [-0.1, -0.05) is 11.6 Å².